The number of piperidine rings is 1. The number of halogens is 1. The first-order valence-electron chi connectivity index (χ1n) is 8.35. The molecule has 0 aromatic heterocycles. The van der Waals surface area contributed by atoms with Gasteiger partial charge in [0.2, 0.25) is 0 Å². The Morgan fingerprint density at radius 1 is 1.25 bits per heavy atom. The highest BCUT2D eigenvalue weighted by Crippen LogP contribution is 2.28. The molecule has 3 rings (SSSR count). The molecular formula is C17H23ClN2O3S. The number of hydrogen-bond acceptors (Lipinski definition) is 4. The van der Waals surface area contributed by atoms with Crippen molar-refractivity contribution in [2.75, 3.05) is 29.5 Å². The van der Waals surface area contributed by atoms with E-state index in [0.717, 1.165) is 31.6 Å². The Morgan fingerprint density at radius 2 is 1.96 bits per heavy atom. The van der Waals surface area contributed by atoms with E-state index in [2.05, 4.69) is 10.2 Å². The van der Waals surface area contributed by atoms with Gasteiger partial charge in [0, 0.05) is 18.8 Å². The molecule has 1 aromatic carbocycles. The minimum atomic E-state index is -3.07. The van der Waals surface area contributed by atoms with Gasteiger partial charge in [-0.15, -0.1) is 0 Å². The highest BCUT2D eigenvalue weighted by atomic mass is 35.5. The van der Waals surface area contributed by atoms with Gasteiger partial charge in [0.25, 0.3) is 5.91 Å². The lowest BCUT2D eigenvalue weighted by Gasteiger charge is -2.29. The zero-order valence-corrected chi connectivity index (χ0v) is 15.4. The van der Waals surface area contributed by atoms with Crippen molar-refractivity contribution >= 4 is 33.0 Å². The number of sulfone groups is 1. The summed E-state index contributed by atoms with van der Waals surface area (Å²) in [5, 5.41) is 3.26. The van der Waals surface area contributed by atoms with Crippen LogP contribution >= 0.6 is 11.6 Å². The summed E-state index contributed by atoms with van der Waals surface area (Å²) in [6.45, 7) is 3.75. The van der Waals surface area contributed by atoms with E-state index in [4.69, 9.17) is 11.6 Å². The molecule has 7 heteroatoms. The molecule has 0 unspecified atom stereocenters. The quantitative estimate of drug-likeness (QED) is 0.888. The minimum absolute atomic E-state index is 0.0187. The fourth-order valence-electron chi connectivity index (χ4n) is 3.49. The Labute approximate surface area is 148 Å². The van der Waals surface area contributed by atoms with Crippen LogP contribution in [0.4, 0.5) is 5.69 Å². The van der Waals surface area contributed by atoms with E-state index < -0.39 is 15.4 Å². The van der Waals surface area contributed by atoms with Crippen molar-refractivity contribution in [1.29, 1.82) is 0 Å². The molecule has 2 heterocycles. The number of anilines is 1. The normalized spacial score (nSPS) is 26.3. The molecule has 1 aromatic rings. The Morgan fingerprint density at radius 3 is 2.58 bits per heavy atom. The van der Waals surface area contributed by atoms with Crippen LogP contribution in [0.2, 0.25) is 5.02 Å². The van der Waals surface area contributed by atoms with Crippen molar-refractivity contribution < 1.29 is 13.2 Å². The predicted octanol–water partition coefficient (Wildman–Crippen LogP) is 2.64. The third kappa shape index (κ3) is 3.86. The summed E-state index contributed by atoms with van der Waals surface area (Å²) < 4.78 is 23.4. The van der Waals surface area contributed by atoms with Crippen LogP contribution in [0.15, 0.2) is 18.2 Å². The summed E-state index contributed by atoms with van der Waals surface area (Å²) in [5.41, 5.74) is 0.680. The topological polar surface area (TPSA) is 66.5 Å². The largest absolute Gasteiger partial charge is 0.372 e. The van der Waals surface area contributed by atoms with Gasteiger partial charge in [0.05, 0.1) is 27.6 Å². The lowest BCUT2D eigenvalue weighted by molar-refractivity contribution is 0.0915. The van der Waals surface area contributed by atoms with Gasteiger partial charge >= 0.3 is 0 Å². The fraction of sp³-hybridized carbons (Fsp3) is 0.588. The Bertz CT molecular complexity index is 744. The number of nitrogens with one attached hydrogen (secondary N) is 1. The summed E-state index contributed by atoms with van der Waals surface area (Å²) in [6, 6.07) is 5.50. The monoisotopic (exact) mass is 370 g/mol. The second-order valence-corrected chi connectivity index (χ2v) is 9.66. The van der Waals surface area contributed by atoms with Gasteiger partial charge in [-0.2, -0.15) is 0 Å². The van der Waals surface area contributed by atoms with Crippen molar-refractivity contribution in [2.45, 2.75) is 38.1 Å². The number of hydrogen-bond donors (Lipinski definition) is 1. The minimum Gasteiger partial charge on any atom is -0.372 e. The van der Waals surface area contributed by atoms with E-state index in [9.17, 15) is 13.2 Å². The average Bonchev–Trinajstić information content (AvgIpc) is 2.81. The third-order valence-electron chi connectivity index (χ3n) is 4.83. The number of carbonyl (C=O) groups excluding carboxylic acids is 1. The molecule has 2 saturated heterocycles. The van der Waals surface area contributed by atoms with Gasteiger partial charge in [0.15, 0.2) is 9.84 Å². The zero-order chi connectivity index (χ0) is 17.4. The first kappa shape index (κ1) is 17.5. The van der Waals surface area contributed by atoms with E-state index in [0.29, 0.717) is 17.0 Å². The Hall–Kier alpha value is -1.27. The smallest absolute Gasteiger partial charge is 0.253 e. The van der Waals surface area contributed by atoms with E-state index in [1.54, 1.807) is 13.0 Å². The standard InChI is InChI=1S/C17H23ClN2O3S/c1-17(7-10-24(22,23)12-17)19-16(21)14-11-13(5-6-15(14)18)20-8-3-2-4-9-20/h5-6,11H,2-4,7-10,12H2,1H3,(H,19,21)/t17-/m0/s1. The van der Waals surface area contributed by atoms with Crippen molar-refractivity contribution in [2.24, 2.45) is 0 Å². The van der Waals surface area contributed by atoms with Crippen LogP contribution in [0, 0.1) is 0 Å². The molecule has 0 spiro atoms. The van der Waals surface area contributed by atoms with Crippen LogP contribution in [0.3, 0.4) is 0 Å². The maximum Gasteiger partial charge on any atom is 0.253 e. The van der Waals surface area contributed by atoms with Crippen LogP contribution in [-0.4, -0.2) is 44.5 Å². The number of carbonyl (C=O) groups is 1. The molecule has 0 radical (unpaired) electrons. The van der Waals surface area contributed by atoms with E-state index in [-0.39, 0.29) is 17.4 Å². The van der Waals surface area contributed by atoms with Gasteiger partial charge in [-0.1, -0.05) is 11.6 Å². The maximum absolute atomic E-state index is 12.7. The van der Waals surface area contributed by atoms with E-state index >= 15 is 0 Å². The summed E-state index contributed by atoms with van der Waals surface area (Å²) in [6.07, 6.45) is 3.98. The van der Waals surface area contributed by atoms with Gasteiger partial charge in [-0.05, 0) is 50.8 Å². The molecule has 2 fully saturated rings. The van der Waals surface area contributed by atoms with E-state index in [1.807, 2.05) is 12.1 Å². The summed E-state index contributed by atoms with van der Waals surface area (Å²) >= 11 is 6.22. The molecular weight excluding hydrogens is 348 g/mol. The number of benzene rings is 1. The molecule has 0 aliphatic carbocycles. The molecule has 0 saturated carbocycles. The maximum atomic E-state index is 12.7. The highest BCUT2D eigenvalue weighted by Gasteiger charge is 2.39. The van der Waals surface area contributed by atoms with Gasteiger partial charge in [0.1, 0.15) is 0 Å². The number of nitrogens with zero attached hydrogens (tertiary/aromatic N) is 1. The van der Waals surface area contributed by atoms with Crippen LogP contribution in [0.25, 0.3) is 0 Å². The second-order valence-electron chi connectivity index (χ2n) is 7.07. The number of rotatable bonds is 3. The molecule has 1 amide bonds. The van der Waals surface area contributed by atoms with Gasteiger partial charge < -0.3 is 10.2 Å². The van der Waals surface area contributed by atoms with Gasteiger partial charge in [-0.25, -0.2) is 8.42 Å². The molecule has 24 heavy (non-hydrogen) atoms. The van der Waals surface area contributed by atoms with Crippen molar-refractivity contribution in [3.05, 3.63) is 28.8 Å². The van der Waals surface area contributed by atoms with Crippen LogP contribution in [-0.2, 0) is 9.84 Å². The summed E-state index contributed by atoms with van der Waals surface area (Å²) in [7, 11) is -3.07. The zero-order valence-electron chi connectivity index (χ0n) is 13.8. The number of amides is 1. The predicted molar refractivity (Wildman–Crippen MR) is 96.7 cm³/mol. The average molecular weight is 371 g/mol. The summed E-state index contributed by atoms with van der Waals surface area (Å²) in [5.74, 6) is -0.209. The third-order valence-corrected chi connectivity index (χ3v) is 7.07. The molecule has 132 valence electrons. The van der Waals surface area contributed by atoms with Gasteiger partial charge in [-0.3, -0.25) is 4.79 Å². The van der Waals surface area contributed by atoms with Crippen molar-refractivity contribution in [3.8, 4) is 0 Å². The molecule has 5 nitrogen and oxygen atoms in total. The summed E-state index contributed by atoms with van der Waals surface area (Å²) in [4.78, 5) is 14.9. The SMILES string of the molecule is C[C@]1(NC(=O)c2cc(N3CCCCC3)ccc2Cl)CCS(=O)(=O)C1. The Balaban J connectivity index is 1.79. The lowest BCUT2D eigenvalue weighted by atomic mass is 10.0. The molecule has 1 atom stereocenters. The molecule has 2 aliphatic heterocycles. The van der Waals surface area contributed by atoms with E-state index in [1.165, 1.54) is 6.42 Å². The van der Waals surface area contributed by atoms with Crippen LogP contribution in [0.5, 0.6) is 0 Å². The second kappa shape index (κ2) is 6.56. The first-order chi connectivity index (χ1) is 11.3. The van der Waals surface area contributed by atoms with Crippen LogP contribution < -0.4 is 10.2 Å². The highest BCUT2D eigenvalue weighted by molar-refractivity contribution is 7.91. The fourth-order valence-corrected chi connectivity index (χ4v) is 5.78. The van der Waals surface area contributed by atoms with Crippen molar-refractivity contribution in [1.82, 2.24) is 5.32 Å². The van der Waals surface area contributed by atoms with Crippen LogP contribution in [0.1, 0.15) is 43.0 Å². The van der Waals surface area contributed by atoms with Crippen molar-refractivity contribution in [3.63, 3.8) is 0 Å². The first-order valence-corrected chi connectivity index (χ1v) is 10.6. The Kier molecular flexibility index (Phi) is 4.80. The molecule has 1 N–H and O–H groups in total. The molecule has 0 bridgehead atoms. The lowest BCUT2D eigenvalue weighted by Crippen LogP contribution is -2.47. The molecule has 2 aliphatic rings.